The van der Waals surface area contributed by atoms with Crippen molar-refractivity contribution in [3.63, 3.8) is 0 Å². The molecule has 0 amide bonds. The van der Waals surface area contributed by atoms with Crippen molar-refractivity contribution in [2.24, 2.45) is 15.9 Å². The van der Waals surface area contributed by atoms with E-state index in [0.29, 0.717) is 5.17 Å². The van der Waals surface area contributed by atoms with Crippen LogP contribution in [0, 0.1) is 0 Å². The summed E-state index contributed by atoms with van der Waals surface area (Å²) in [5.41, 5.74) is 9.51. The Morgan fingerprint density at radius 3 is 2.50 bits per heavy atom. The minimum atomic E-state index is 0.477. The molecule has 1 fully saturated rings. The molecule has 1 aliphatic rings. The van der Waals surface area contributed by atoms with Crippen LogP contribution in [0.15, 0.2) is 64.8 Å². The van der Waals surface area contributed by atoms with Crippen LogP contribution < -0.4 is 5.73 Å². The molecule has 136 valence electrons. The van der Waals surface area contributed by atoms with Gasteiger partial charge in [-0.05, 0) is 16.7 Å². The van der Waals surface area contributed by atoms with E-state index in [1.807, 2.05) is 30.0 Å². The van der Waals surface area contributed by atoms with E-state index in [1.165, 1.54) is 47.5 Å². The Kier molecular flexibility index (Phi) is 7.61. The molecule has 0 unspecified atom stereocenters. The Labute approximate surface area is 164 Å². The van der Waals surface area contributed by atoms with Gasteiger partial charge in [0, 0.05) is 36.9 Å². The van der Waals surface area contributed by atoms with Gasteiger partial charge < -0.3 is 5.73 Å². The summed E-state index contributed by atoms with van der Waals surface area (Å²) in [5, 5.41) is 8.65. The average molecular weight is 385 g/mol. The van der Waals surface area contributed by atoms with E-state index >= 15 is 0 Å². The van der Waals surface area contributed by atoms with Gasteiger partial charge in [-0.1, -0.05) is 66.4 Å². The third-order valence-electron chi connectivity index (χ3n) is 4.08. The first-order valence-electron chi connectivity index (χ1n) is 8.72. The van der Waals surface area contributed by atoms with E-state index in [0.717, 1.165) is 17.9 Å². The molecule has 3 rings (SSSR count). The maximum Gasteiger partial charge on any atom is 0.180 e. The quantitative estimate of drug-likeness (QED) is 0.467. The molecule has 0 atom stereocenters. The van der Waals surface area contributed by atoms with Crippen molar-refractivity contribution in [2.75, 3.05) is 24.6 Å². The van der Waals surface area contributed by atoms with Crippen LogP contribution in [-0.2, 0) is 12.3 Å². The van der Waals surface area contributed by atoms with E-state index in [1.54, 1.807) is 6.21 Å². The number of rotatable bonds is 6. The van der Waals surface area contributed by atoms with Gasteiger partial charge in [0.25, 0.3) is 0 Å². The van der Waals surface area contributed by atoms with Gasteiger partial charge in [0.05, 0.1) is 6.21 Å². The van der Waals surface area contributed by atoms with Crippen LogP contribution in [0.2, 0.25) is 0 Å². The standard InChI is InChI=1S/C20H24N4S2/c21-20(26-16-19-4-2-1-3-5-19)23-22-14-17-6-8-18(9-7-17)15-24-10-12-25-13-11-24/h1-9,14H,10-13,15-16H2,(H2,21,23). The normalized spacial score (nSPS) is 16.2. The molecule has 0 aliphatic carbocycles. The highest BCUT2D eigenvalue weighted by molar-refractivity contribution is 8.13. The third kappa shape index (κ3) is 6.52. The van der Waals surface area contributed by atoms with Crippen molar-refractivity contribution >= 4 is 34.9 Å². The maximum atomic E-state index is 5.91. The number of thioether (sulfide) groups is 2. The first-order chi connectivity index (χ1) is 12.8. The summed E-state index contributed by atoms with van der Waals surface area (Å²) in [5.74, 6) is 3.29. The van der Waals surface area contributed by atoms with Gasteiger partial charge in [0.1, 0.15) is 0 Å². The highest BCUT2D eigenvalue weighted by atomic mass is 32.2. The van der Waals surface area contributed by atoms with Crippen LogP contribution >= 0.6 is 23.5 Å². The van der Waals surface area contributed by atoms with Gasteiger partial charge in [0.2, 0.25) is 0 Å². The number of hydrogen-bond donors (Lipinski definition) is 1. The molecule has 0 spiro atoms. The van der Waals surface area contributed by atoms with Crippen molar-refractivity contribution in [3.8, 4) is 0 Å². The van der Waals surface area contributed by atoms with Gasteiger partial charge in [0.15, 0.2) is 5.17 Å². The van der Waals surface area contributed by atoms with Gasteiger partial charge in [-0.15, -0.1) is 5.10 Å². The van der Waals surface area contributed by atoms with Gasteiger partial charge in [-0.3, -0.25) is 4.90 Å². The van der Waals surface area contributed by atoms with Crippen LogP contribution in [-0.4, -0.2) is 40.9 Å². The summed E-state index contributed by atoms with van der Waals surface area (Å²) in [4.78, 5) is 2.51. The van der Waals surface area contributed by atoms with Crippen LogP contribution in [0.1, 0.15) is 16.7 Å². The van der Waals surface area contributed by atoms with Crippen molar-refractivity contribution in [3.05, 3.63) is 71.3 Å². The summed E-state index contributed by atoms with van der Waals surface area (Å²) in [6.45, 7) is 3.39. The molecule has 1 aliphatic heterocycles. The molecule has 1 heterocycles. The lowest BCUT2D eigenvalue weighted by atomic mass is 10.1. The Morgan fingerprint density at radius 1 is 1.04 bits per heavy atom. The zero-order valence-electron chi connectivity index (χ0n) is 14.8. The van der Waals surface area contributed by atoms with E-state index in [2.05, 4.69) is 51.5 Å². The topological polar surface area (TPSA) is 54.0 Å². The lowest BCUT2D eigenvalue weighted by Gasteiger charge is -2.26. The summed E-state index contributed by atoms with van der Waals surface area (Å²) in [7, 11) is 0. The molecule has 0 saturated carbocycles. The highest BCUT2D eigenvalue weighted by Gasteiger charge is 2.10. The fraction of sp³-hybridized carbons (Fsp3) is 0.300. The second-order valence-electron chi connectivity index (χ2n) is 6.09. The summed E-state index contributed by atoms with van der Waals surface area (Å²) < 4.78 is 0. The van der Waals surface area contributed by atoms with Gasteiger partial charge in [-0.25, -0.2) is 0 Å². The molecule has 1 saturated heterocycles. The largest absolute Gasteiger partial charge is 0.377 e. The zero-order valence-corrected chi connectivity index (χ0v) is 16.4. The first-order valence-corrected chi connectivity index (χ1v) is 10.9. The monoisotopic (exact) mass is 384 g/mol. The molecule has 4 nitrogen and oxygen atoms in total. The third-order valence-corrected chi connectivity index (χ3v) is 5.88. The predicted molar refractivity (Wildman–Crippen MR) is 116 cm³/mol. The van der Waals surface area contributed by atoms with Crippen LogP contribution in [0.5, 0.6) is 0 Å². The molecule has 0 radical (unpaired) electrons. The summed E-state index contributed by atoms with van der Waals surface area (Å²) in [6.07, 6.45) is 1.75. The molecule has 2 aromatic carbocycles. The van der Waals surface area contributed by atoms with Crippen LogP contribution in [0.3, 0.4) is 0 Å². The number of nitrogens with zero attached hydrogens (tertiary/aromatic N) is 3. The Hall–Kier alpha value is -1.76. The predicted octanol–water partition coefficient (Wildman–Crippen LogP) is 3.82. The summed E-state index contributed by atoms with van der Waals surface area (Å²) >= 11 is 3.53. The van der Waals surface area contributed by atoms with Crippen molar-refractivity contribution in [1.82, 2.24) is 4.90 Å². The second kappa shape index (κ2) is 10.4. The van der Waals surface area contributed by atoms with Crippen molar-refractivity contribution in [2.45, 2.75) is 12.3 Å². The number of nitrogens with two attached hydrogens (primary N) is 1. The molecule has 6 heteroatoms. The minimum absolute atomic E-state index is 0.477. The molecular formula is C20H24N4S2. The van der Waals surface area contributed by atoms with Gasteiger partial charge in [-0.2, -0.15) is 16.9 Å². The number of hydrogen-bond acceptors (Lipinski definition) is 5. The van der Waals surface area contributed by atoms with Crippen LogP contribution in [0.25, 0.3) is 0 Å². The Bertz CT molecular complexity index is 723. The highest BCUT2D eigenvalue weighted by Crippen LogP contribution is 2.14. The van der Waals surface area contributed by atoms with E-state index in [-0.39, 0.29) is 0 Å². The number of amidine groups is 1. The Morgan fingerprint density at radius 2 is 1.77 bits per heavy atom. The summed E-state index contributed by atoms with van der Waals surface area (Å²) in [6, 6.07) is 18.7. The van der Waals surface area contributed by atoms with Crippen molar-refractivity contribution in [1.29, 1.82) is 0 Å². The molecule has 0 bridgehead atoms. The lowest BCUT2D eigenvalue weighted by Crippen LogP contribution is -2.31. The molecule has 2 aromatic rings. The fourth-order valence-electron chi connectivity index (χ4n) is 2.64. The van der Waals surface area contributed by atoms with E-state index in [9.17, 15) is 0 Å². The van der Waals surface area contributed by atoms with E-state index < -0.39 is 0 Å². The molecule has 0 aromatic heterocycles. The maximum absolute atomic E-state index is 5.91. The number of benzene rings is 2. The first kappa shape index (κ1) is 19.0. The smallest absolute Gasteiger partial charge is 0.180 e. The molecule has 26 heavy (non-hydrogen) atoms. The van der Waals surface area contributed by atoms with E-state index in [4.69, 9.17) is 5.73 Å². The lowest BCUT2D eigenvalue weighted by molar-refractivity contribution is 0.294. The molecule has 2 N–H and O–H groups in total. The molecular weight excluding hydrogens is 360 g/mol. The Balaban J connectivity index is 1.46. The fourth-order valence-corrected chi connectivity index (χ4v) is 4.23. The van der Waals surface area contributed by atoms with Crippen molar-refractivity contribution < 1.29 is 0 Å². The minimum Gasteiger partial charge on any atom is -0.377 e. The SMILES string of the molecule is NC(=NN=Cc1ccc(CN2CCSCC2)cc1)SCc1ccccc1. The zero-order chi connectivity index (χ0) is 18.0. The van der Waals surface area contributed by atoms with Crippen LogP contribution in [0.4, 0.5) is 0 Å². The van der Waals surface area contributed by atoms with Gasteiger partial charge >= 0.3 is 0 Å². The second-order valence-corrected chi connectivity index (χ2v) is 8.31. The average Bonchev–Trinajstić information content (AvgIpc) is 2.69.